The summed E-state index contributed by atoms with van der Waals surface area (Å²) in [6, 6.07) is 14.0. The summed E-state index contributed by atoms with van der Waals surface area (Å²) in [6.07, 6.45) is 1.14. The maximum atomic E-state index is 11.9. The number of hydrogen-bond donors (Lipinski definition) is 2. The SMILES string of the molecule is CNN1c2ccccc2SC1CC#Cc1cc(CC2SC(=O)NC2=O)ccc1OC. The first-order chi connectivity index (χ1) is 14.6. The third-order valence-electron chi connectivity index (χ3n) is 4.87. The molecule has 1 fully saturated rings. The van der Waals surface area contributed by atoms with Crippen molar-refractivity contribution in [1.29, 1.82) is 0 Å². The van der Waals surface area contributed by atoms with Gasteiger partial charge in [-0.3, -0.25) is 19.9 Å². The number of anilines is 1. The van der Waals surface area contributed by atoms with Crippen molar-refractivity contribution < 1.29 is 14.3 Å². The number of hydrazine groups is 1. The molecule has 2 aromatic carbocycles. The second kappa shape index (κ2) is 9.04. The van der Waals surface area contributed by atoms with Crippen LogP contribution >= 0.6 is 23.5 Å². The van der Waals surface area contributed by atoms with Gasteiger partial charge in [-0.15, -0.1) is 0 Å². The fourth-order valence-electron chi connectivity index (χ4n) is 3.46. The lowest BCUT2D eigenvalue weighted by Crippen LogP contribution is -2.39. The smallest absolute Gasteiger partial charge is 0.286 e. The summed E-state index contributed by atoms with van der Waals surface area (Å²) in [5.74, 6) is 6.97. The quantitative estimate of drug-likeness (QED) is 0.692. The first kappa shape index (κ1) is 20.7. The lowest BCUT2D eigenvalue weighted by molar-refractivity contribution is -0.118. The van der Waals surface area contributed by atoms with Gasteiger partial charge in [-0.05, 0) is 36.2 Å². The average Bonchev–Trinajstić information content (AvgIpc) is 3.26. The molecule has 2 aliphatic rings. The van der Waals surface area contributed by atoms with Crippen LogP contribution in [0, 0.1) is 11.8 Å². The molecular formula is C22H21N3O3S2. The van der Waals surface area contributed by atoms with Gasteiger partial charge in [-0.1, -0.05) is 53.6 Å². The molecule has 2 aliphatic heterocycles. The zero-order chi connectivity index (χ0) is 21.1. The largest absolute Gasteiger partial charge is 0.495 e. The predicted molar refractivity (Wildman–Crippen MR) is 121 cm³/mol. The molecule has 1 saturated heterocycles. The molecule has 2 amide bonds. The van der Waals surface area contributed by atoms with Crippen LogP contribution in [-0.4, -0.2) is 35.9 Å². The summed E-state index contributed by atoms with van der Waals surface area (Å²) in [5.41, 5.74) is 6.14. The van der Waals surface area contributed by atoms with Crippen molar-refractivity contribution in [3.05, 3.63) is 53.6 Å². The number of carbonyl (C=O) groups is 2. The standard InChI is InChI=1S/C22H21N3O3S2/c1-23-25-16-7-3-4-8-18(16)29-20(25)9-5-6-15-12-14(10-11-17(15)28-2)13-19-21(26)24-22(27)30-19/h3-4,7-8,10-12,19-20,23H,9,13H2,1-2H3,(H,24,26,27). The molecule has 4 rings (SSSR count). The van der Waals surface area contributed by atoms with Gasteiger partial charge in [0.1, 0.15) is 11.1 Å². The third-order valence-corrected chi connectivity index (χ3v) is 7.10. The molecule has 30 heavy (non-hydrogen) atoms. The van der Waals surface area contributed by atoms with E-state index in [2.05, 4.69) is 39.7 Å². The molecule has 0 radical (unpaired) electrons. The number of amides is 2. The van der Waals surface area contributed by atoms with E-state index in [1.54, 1.807) is 18.9 Å². The van der Waals surface area contributed by atoms with Crippen LogP contribution in [0.3, 0.4) is 0 Å². The van der Waals surface area contributed by atoms with Crippen molar-refractivity contribution >= 4 is 40.4 Å². The minimum absolute atomic E-state index is 0.179. The lowest BCUT2D eigenvalue weighted by Gasteiger charge is -2.23. The number of ether oxygens (including phenoxy) is 1. The number of imide groups is 1. The van der Waals surface area contributed by atoms with Crippen molar-refractivity contribution in [3.63, 3.8) is 0 Å². The van der Waals surface area contributed by atoms with Gasteiger partial charge < -0.3 is 4.74 Å². The highest BCUT2D eigenvalue weighted by atomic mass is 32.2. The molecule has 0 aromatic heterocycles. The molecule has 154 valence electrons. The normalized spacial score (nSPS) is 19.9. The number of rotatable bonds is 5. The molecule has 2 atom stereocenters. The zero-order valence-electron chi connectivity index (χ0n) is 16.6. The first-order valence-corrected chi connectivity index (χ1v) is 11.2. The van der Waals surface area contributed by atoms with Crippen molar-refractivity contribution in [2.45, 2.75) is 28.4 Å². The van der Waals surface area contributed by atoms with Gasteiger partial charge in [0.15, 0.2) is 0 Å². The fraction of sp³-hybridized carbons (Fsp3) is 0.273. The summed E-state index contributed by atoms with van der Waals surface area (Å²) in [5, 5.41) is 3.95. The molecule has 0 spiro atoms. The minimum atomic E-state index is -0.399. The second-order valence-corrected chi connectivity index (χ2v) is 9.16. The van der Waals surface area contributed by atoms with Crippen molar-refractivity contribution in [2.75, 3.05) is 19.2 Å². The highest BCUT2D eigenvalue weighted by Crippen LogP contribution is 2.43. The highest BCUT2D eigenvalue weighted by molar-refractivity contribution is 8.15. The number of methoxy groups -OCH3 is 1. The fourth-order valence-corrected chi connectivity index (χ4v) is 5.55. The number of fused-ring (bicyclic) bond motifs is 1. The van der Waals surface area contributed by atoms with Crippen LogP contribution in [0.15, 0.2) is 47.4 Å². The summed E-state index contributed by atoms with van der Waals surface area (Å²) in [6.45, 7) is 0. The average molecular weight is 440 g/mol. The molecule has 2 heterocycles. The molecule has 0 bridgehead atoms. The van der Waals surface area contributed by atoms with E-state index in [1.165, 1.54) is 10.6 Å². The highest BCUT2D eigenvalue weighted by Gasteiger charge is 2.31. The molecule has 0 saturated carbocycles. The Morgan fingerprint density at radius 2 is 2.03 bits per heavy atom. The van der Waals surface area contributed by atoms with Crippen LogP contribution in [0.5, 0.6) is 5.75 Å². The zero-order valence-corrected chi connectivity index (χ0v) is 18.2. The van der Waals surface area contributed by atoms with E-state index >= 15 is 0 Å². The number of nitrogens with zero attached hydrogens (tertiary/aromatic N) is 1. The Morgan fingerprint density at radius 3 is 2.77 bits per heavy atom. The minimum Gasteiger partial charge on any atom is -0.495 e. The van der Waals surface area contributed by atoms with E-state index in [9.17, 15) is 9.59 Å². The van der Waals surface area contributed by atoms with Crippen LogP contribution in [0.25, 0.3) is 0 Å². The Labute approximate surface area is 184 Å². The summed E-state index contributed by atoms with van der Waals surface area (Å²) in [4.78, 5) is 24.5. The lowest BCUT2D eigenvalue weighted by atomic mass is 10.0. The van der Waals surface area contributed by atoms with Gasteiger partial charge in [0, 0.05) is 18.4 Å². The van der Waals surface area contributed by atoms with E-state index in [1.807, 2.05) is 37.4 Å². The summed E-state index contributed by atoms with van der Waals surface area (Å²) < 4.78 is 5.45. The van der Waals surface area contributed by atoms with Crippen LogP contribution in [0.2, 0.25) is 0 Å². The van der Waals surface area contributed by atoms with Gasteiger partial charge in [-0.25, -0.2) is 5.43 Å². The Bertz CT molecular complexity index is 1050. The van der Waals surface area contributed by atoms with Gasteiger partial charge >= 0.3 is 0 Å². The third kappa shape index (κ3) is 4.29. The van der Waals surface area contributed by atoms with E-state index in [-0.39, 0.29) is 16.5 Å². The van der Waals surface area contributed by atoms with E-state index in [0.717, 1.165) is 22.9 Å². The maximum absolute atomic E-state index is 11.9. The van der Waals surface area contributed by atoms with Gasteiger partial charge in [0.25, 0.3) is 5.24 Å². The van der Waals surface area contributed by atoms with Crippen LogP contribution in [0.1, 0.15) is 17.5 Å². The van der Waals surface area contributed by atoms with Crippen LogP contribution < -0.4 is 20.5 Å². The molecule has 6 nitrogen and oxygen atoms in total. The number of para-hydroxylation sites is 1. The Hall–Kier alpha value is -2.60. The Morgan fingerprint density at radius 1 is 1.20 bits per heavy atom. The summed E-state index contributed by atoms with van der Waals surface area (Å²) in [7, 11) is 3.53. The number of hydrogen-bond acceptors (Lipinski definition) is 7. The van der Waals surface area contributed by atoms with Crippen LogP contribution in [-0.2, 0) is 11.2 Å². The second-order valence-electron chi connectivity index (χ2n) is 6.76. The molecular weight excluding hydrogens is 418 g/mol. The molecule has 2 aromatic rings. The van der Waals surface area contributed by atoms with Crippen molar-refractivity contribution in [2.24, 2.45) is 0 Å². The number of benzene rings is 2. The van der Waals surface area contributed by atoms with E-state index in [4.69, 9.17) is 4.74 Å². The molecule has 8 heteroatoms. The number of nitrogens with one attached hydrogen (secondary N) is 2. The molecule has 0 aliphatic carbocycles. The van der Waals surface area contributed by atoms with Crippen molar-refractivity contribution in [3.8, 4) is 17.6 Å². The predicted octanol–water partition coefficient (Wildman–Crippen LogP) is 3.40. The first-order valence-electron chi connectivity index (χ1n) is 9.48. The van der Waals surface area contributed by atoms with Gasteiger partial charge in [0.05, 0.1) is 23.6 Å². The monoisotopic (exact) mass is 439 g/mol. The van der Waals surface area contributed by atoms with Crippen LogP contribution in [0.4, 0.5) is 10.5 Å². The number of thioether (sulfide) groups is 2. The summed E-state index contributed by atoms with van der Waals surface area (Å²) >= 11 is 2.82. The van der Waals surface area contributed by atoms with E-state index < -0.39 is 5.25 Å². The maximum Gasteiger partial charge on any atom is 0.286 e. The molecule has 2 unspecified atom stereocenters. The van der Waals surface area contributed by atoms with Gasteiger partial charge in [-0.2, -0.15) is 0 Å². The Balaban J connectivity index is 1.49. The van der Waals surface area contributed by atoms with Crippen molar-refractivity contribution in [1.82, 2.24) is 10.7 Å². The topological polar surface area (TPSA) is 70.7 Å². The van der Waals surface area contributed by atoms with E-state index in [0.29, 0.717) is 18.6 Å². The van der Waals surface area contributed by atoms with Gasteiger partial charge in [0.2, 0.25) is 5.91 Å². The molecule has 2 N–H and O–H groups in total. The Kier molecular flexibility index (Phi) is 6.23. The number of carbonyl (C=O) groups excluding carboxylic acids is 2.